The van der Waals surface area contributed by atoms with E-state index in [-0.39, 0.29) is 22.5 Å². The van der Waals surface area contributed by atoms with E-state index in [0.717, 1.165) is 11.3 Å². The van der Waals surface area contributed by atoms with Crippen LogP contribution in [0.1, 0.15) is 28.2 Å². The first-order valence-corrected chi connectivity index (χ1v) is 12.3. The van der Waals surface area contributed by atoms with E-state index >= 15 is 0 Å². The van der Waals surface area contributed by atoms with E-state index in [4.69, 9.17) is 0 Å². The highest BCUT2D eigenvalue weighted by Crippen LogP contribution is 2.24. The van der Waals surface area contributed by atoms with Gasteiger partial charge in [-0.05, 0) is 69.7 Å². The summed E-state index contributed by atoms with van der Waals surface area (Å²) in [5.74, 6) is -0.253. The Morgan fingerprint density at radius 2 is 1.61 bits per heavy atom. The van der Waals surface area contributed by atoms with Gasteiger partial charge in [0.2, 0.25) is 11.9 Å². The average molecular weight is 483 g/mol. The molecule has 170 valence electrons. The van der Waals surface area contributed by atoms with Gasteiger partial charge in [0.15, 0.2) is 0 Å². The van der Waals surface area contributed by atoms with Gasteiger partial charge in [-0.1, -0.05) is 11.8 Å². The summed E-state index contributed by atoms with van der Waals surface area (Å²) in [4.78, 5) is 24.9. The number of aryl methyl sites for hydroxylation is 4. The van der Waals surface area contributed by atoms with Crippen molar-refractivity contribution in [2.75, 3.05) is 15.8 Å². The minimum atomic E-state index is -3.88. The van der Waals surface area contributed by atoms with Crippen molar-refractivity contribution in [2.24, 2.45) is 0 Å². The van der Waals surface area contributed by atoms with Crippen molar-refractivity contribution >= 4 is 39.3 Å². The first-order valence-electron chi connectivity index (χ1n) is 9.83. The fourth-order valence-electron chi connectivity index (χ4n) is 3.04. The Kier molecular flexibility index (Phi) is 7.30. The van der Waals surface area contributed by atoms with Gasteiger partial charge >= 0.3 is 0 Å². The summed E-state index contributed by atoms with van der Waals surface area (Å²) in [6, 6.07) is 11.4. The van der Waals surface area contributed by atoms with E-state index in [1.54, 1.807) is 19.9 Å². The van der Waals surface area contributed by atoms with Gasteiger partial charge in [-0.15, -0.1) is 0 Å². The Labute approximate surface area is 196 Å². The maximum Gasteiger partial charge on any atom is 0.264 e. The molecule has 3 rings (SSSR count). The molecule has 11 heteroatoms. The van der Waals surface area contributed by atoms with Gasteiger partial charge in [0.25, 0.3) is 10.0 Å². The second kappa shape index (κ2) is 9.97. The number of benzene rings is 1. The number of aromatic nitrogens is 3. The van der Waals surface area contributed by atoms with Gasteiger partial charge in [-0.3, -0.25) is 4.79 Å². The monoisotopic (exact) mass is 482 g/mol. The number of carbonyl (C=O) groups is 1. The molecule has 9 nitrogen and oxygen atoms in total. The Balaban J connectivity index is 1.64. The zero-order valence-electron chi connectivity index (χ0n) is 18.5. The van der Waals surface area contributed by atoms with Crippen LogP contribution in [0.25, 0.3) is 0 Å². The molecule has 0 aliphatic carbocycles. The number of sulfonamides is 1. The molecule has 2 N–H and O–H groups in total. The number of carbonyl (C=O) groups excluding carboxylic acids is 1. The summed E-state index contributed by atoms with van der Waals surface area (Å²) < 4.78 is 27.6. The van der Waals surface area contributed by atoms with Crippen LogP contribution in [0.15, 0.2) is 46.3 Å². The van der Waals surface area contributed by atoms with Crippen LogP contribution in [0.4, 0.5) is 11.6 Å². The lowest BCUT2D eigenvalue weighted by atomic mass is 10.1. The minimum Gasteiger partial charge on any atom is -0.325 e. The summed E-state index contributed by atoms with van der Waals surface area (Å²) in [5.41, 5.74) is 3.77. The number of thioether (sulfide) groups is 1. The molecule has 0 spiro atoms. The minimum absolute atomic E-state index is 0.00126. The van der Waals surface area contributed by atoms with Gasteiger partial charge in [0, 0.05) is 22.8 Å². The zero-order chi connectivity index (χ0) is 24.2. The molecule has 2 heterocycles. The van der Waals surface area contributed by atoms with Crippen molar-refractivity contribution in [2.45, 2.75) is 37.6 Å². The van der Waals surface area contributed by atoms with E-state index in [9.17, 15) is 18.5 Å². The fraction of sp³-hybridized carbons (Fsp3) is 0.227. The van der Waals surface area contributed by atoms with Crippen LogP contribution in [0.3, 0.4) is 0 Å². The van der Waals surface area contributed by atoms with Gasteiger partial charge in [-0.2, -0.15) is 5.26 Å². The van der Waals surface area contributed by atoms with Crippen LogP contribution in [-0.2, 0) is 14.8 Å². The van der Waals surface area contributed by atoms with E-state index in [1.807, 2.05) is 19.9 Å². The quantitative estimate of drug-likeness (QED) is 0.488. The van der Waals surface area contributed by atoms with Crippen molar-refractivity contribution in [3.63, 3.8) is 0 Å². The third-order valence-electron chi connectivity index (χ3n) is 4.42. The Bertz CT molecular complexity index is 1330. The first kappa shape index (κ1) is 24.2. The molecule has 0 atom stereocenters. The molecule has 0 saturated heterocycles. The summed E-state index contributed by atoms with van der Waals surface area (Å²) in [6.45, 7) is 7.15. The van der Waals surface area contributed by atoms with E-state index in [0.29, 0.717) is 27.7 Å². The SMILES string of the molecule is Cc1cc(C)nc(NS(=O)(=O)c2ccc(NC(=O)CSc3nc(C)cc(C)c3C#N)cc2)n1. The lowest BCUT2D eigenvalue weighted by Crippen LogP contribution is -2.16. The number of rotatable bonds is 7. The fourth-order valence-corrected chi connectivity index (χ4v) is 4.89. The van der Waals surface area contributed by atoms with Crippen LogP contribution in [0.2, 0.25) is 0 Å². The third kappa shape index (κ3) is 6.27. The molecule has 0 bridgehead atoms. The van der Waals surface area contributed by atoms with E-state index in [1.165, 1.54) is 36.0 Å². The highest BCUT2D eigenvalue weighted by Gasteiger charge is 2.17. The van der Waals surface area contributed by atoms with Crippen LogP contribution >= 0.6 is 11.8 Å². The molecule has 1 aromatic carbocycles. The highest BCUT2D eigenvalue weighted by atomic mass is 32.2. The van der Waals surface area contributed by atoms with Crippen LogP contribution in [-0.4, -0.2) is 35.0 Å². The summed E-state index contributed by atoms with van der Waals surface area (Å²) in [6.07, 6.45) is 0. The van der Waals surface area contributed by atoms with Gasteiger partial charge in [-0.25, -0.2) is 28.1 Å². The molecule has 0 fully saturated rings. The van der Waals surface area contributed by atoms with Crippen molar-refractivity contribution in [1.82, 2.24) is 15.0 Å². The number of nitriles is 1. The molecule has 3 aromatic rings. The molecular weight excluding hydrogens is 460 g/mol. The number of nitrogens with one attached hydrogen (secondary N) is 2. The lowest BCUT2D eigenvalue weighted by Gasteiger charge is -2.10. The molecule has 2 aromatic heterocycles. The van der Waals surface area contributed by atoms with Gasteiger partial charge < -0.3 is 5.32 Å². The predicted molar refractivity (Wildman–Crippen MR) is 127 cm³/mol. The molecular formula is C22H22N6O3S2. The normalized spacial score (nSPS) is 11.0. The Hall–Kier alpha value is -3.49. The first-order chi connectivity index (χ1) is 15.6. The van der Waals surface area contributed by atoms with E-state index in [2.05, 4.69) is 31.1 Å². The second-order valence-corrected chi connectivity index (χ2v) is 9.96. The summed E-state index contributed by atoms with van der Waals surface area (Å²) in [7, 11) is -3.88. The Morgan fingerprint density at radius 1 is 1.00 bits per heavy atom. The molecule has 0 unspecified atom stereocenters. The van der Waals surface area contributed by atoms with Crippen LogP contribution in [0.5, 0.6) is 0 Å². The number of amides is 1. The standard InChI is InChI=1S/C22H22N6O3S2/c1-13-9-14(2)24-21(19(13)11-23)32-12-20(29)27-17-5-7-18(8-6-17)33(30,31)28-22-25-15(3)10-16(4)26-22/h5-10H,12H2,1-4H3,(H,27,29)(H,25,26,28). The molecule has 1 amide bonds. The number of anilines is 2. The summed E-state index contributed by atoms with van der Waals surface area (Å²) >= 11 is 1.17. The second-order valence-electron chi connectivity index (χ2n) is 7.31. The van der Waals surface area contributed by atoms with Crippen LogP contribution < -0.4 is 10.0 Å². The van der Waals surface area contributed by atoms with Gasteiger partial charge in [0.1, 0.15) is 11.1 Å². The smallest absolute Gasteiger partial charge is 0.264 e. The van der Waals surface area contributed by atoms with Crippen molar-refractivity contribution in [3.05, 3.63) is 64.6 Å². The van der Waals surface area contributed by atoms with Crippen molar-refractivity contribution in [3.8, 4) is 6.07 Å². The number of pyridine rings is 1. The zero-order valence-corrected chi connectivity index (χ0v) is 20.1. The molecule has 0 saturated carbocycles. The predicted octanol–water partition coefficient (Wildman–Crippen LogP) is 3.51. The highest BCUT2D eigenvalue weighted by molar-refractivity contribution is 8.00. The van der Waals surface area contributed by atoms with Crippen molar-refractivity contribution < 1.29 is 13.2 Å². The maximum atomic E-state index is 12.6. The molecule has 0 aliphatic rings. The Morgan fingerprint density at radius 3 is 2.21 bits per heavy atom. The van der Waals surface area contributed by atoms with Crippen LogP contribution in [0, 0.1) is 39.0 Å². The lowest BCUT2D eigenvalue weighted by molar-refractivity contribution is -0.113. The number of nitrogens with zero attached hydrogens (tertiary/aromatic N) is 4. The third-order valence-corrected chi connectivity index (χ3v) is 6.74. The van der Waals surface area contributed by atoms with Crippen molar-refractivity contribution in [1.29, 1.82) is 5.26 Å². The van der Waals surface area contributed by atoms with E-state index < -0.39 is 10.0 Å². The average Bonchev–Trinajstić information content (AvgIpc) is 2.71. The molecule has 0 radical (unpaired) electrons. The van der Waals surface area contributed by atoms with Gasteiger partial charge in [0.05, 0.1) is 16.2 Å². The number of hydrogen-bond donors (Lipinski definition) is 2. The maximum absolute atomic E-state index is 12.6. The largest absolute Gasteiger partial charge is 0.325 e. The summed E-state index contributed by atoms with van der Waals surface area (Å²) in [5, 5.41) is 12.6. The molecule has 33 heavy (non-hydrogen) atoms. The molecule has 0 aliphatic heterocycles. The topological polar surface area (TPSA) is 138 Å². The number of hydrogen-bond acceptors (Lipinski definition) is 8.